The highest BCUT2D eigenvalue weighted by Gasteiger charge is 2.19. The molecule has 1 unspecified atom stereocenters. The molecule has 0 aliphatic heterocycles. The molecule has 0 heterocycles. The number of esters is 1. The molecule has 3 heteroatoms. The van der Waals surface area contributed by atoms with Crippen molar-refractivity contribution in [3.8, 4) is 0 Å². The molecule has 76 valence electrons. The van der Waals surface area contributed by atoms with Crippen LogP contribution in [0.5, 0.6) is 0 Å². The molecule has 0 bridgehead atoms. The number of ether oxygens (including phenoxy) is 1. The quantitative estimate of drug-likeness (QED) is 0.584. The van der Waals surface area contributed by atoms with Crippen LogP contribution in [0.3, 0.4) is 0 Å². The summed E-state index contributed by atoms with van der Waals surface area (Å²) in [6.45, 7) is 1.90. The van der Waals surface area contributed by atoms with Crippen LogP contribution in [0.2, 0.25) is 0 Å². The Kier molecular flexibility index (Phi) is 4.13. The number of nitrogens with two attached hydrogens (primary N) is 1. The summed E-state index contributed by atoms with van der Waals surface area (Å²) in [7, 11) is 0. The average Bonchev–Trinajstić information content (AvgIpc) is 2.21. The number of hydrogen-bond acceptors (Lipinski definition) is 3. The van der Waals surface area contributed by atoms with Gasteiger partial charge in [-0.2, -0.15) is 0 Å². The normalized spacial score (nSPS) is 12.1. The van der Waals surface area contributed by atoms with E-state index in [9.17, 15) is 4.79 Å². The van der Waals surface area contributed by atoms with Crippen LogP contribution in [0.25, 0.3) is 0 Å². The average molecular weight is 193 g/mol. The minimum absolute atomic E-state index is 0.0534. The van der Waals surface area contributed by atoms with E-state index in [0.29, 0.717) is 0 Å². The van der Waals surface area contributed by atoms with Crippen molar-refractivity contribution in [3.63, 3.8) is 0 Å². The lowest BCUT2D eigenvalue weighted by Gasteiger charge is -2.13. The van der Waals surface area contributed by atoms with Gasteiger partial charge in [0.1, 0.15) is 6.73 Å². The Morgan fingerprint density at radius 1 is 1.43 bits per heavy atom. The summed E-state index contributed by atoms with van der Waals surface area (Å²) < 4.78 is 4.79. The highest BCUT2D eigenvalue weighted by Crippen LogP contribution is 2.20. The van der Waals surface area contributed by atoms with Crippen LogP contribution in [-0.4, -0.2) is 12.7 Å². The summed E-state index contributed by atoms with van der Waals surface area (Å²) in [5.41, 5.74) is 6.14. The number of benzene rings is 1. The summed E-state index contributed by atoms with van der Waals surface area (Å²) in [6.07, 6.45) is 0.725. The maximum Gasteiger partial charge on any atom is 0.314 e. The molecule has 0 aromatic heterocycles. The van der Waals surface area contributed by atoms with Crippen molar-refractivity contribution < 1.29 is 9.53 Å². The van der Waals surface area contributed by atoms with Crippen LogP contribution in [0.1, 0.15) is 24.8 Å². The number of carbonyl (C=O) groups excluding carboxylic acids is 1. The van der Waals surface area contributed by atoms with E-state index >= 15 is 0 Å². The molecule has 2 N–H and O–H groups in total. The largest absolute Gasteiger partial charge is 0.450 e. The van der Waals surface area contributed by atoms with Crippen LogP contribution >= 0.6 is 0 Å². The van der Waals surface area contributed by atoms with E-state index in [4.69, 9.17) is 10.5 Å². The second-order valence-electron chi connectivity index (χ2n) is 3.00. The van der Waals surface area contributed by atoms with E-state index in [2.05, 4.69) is 0 Å². The lowest BCUT2D eigenvalue weighted by atomic mass is 9.97. The Bertz CT molecular complexity index is 285. The standard InChI is InChI=1S/C11H15NO2/c1-2-10(11(13)14-8-12)9-6-4-3-5-7-9/h3-7,10H,2,8,12H2,1H3. The van der Waals surface area contributed by atoms with Crippen LogP contribution in [0, 0.1) is 0 Å². The Morgan fingerprint density at radius 3 is 2.57 bits per heavy atom. The number of rotatable bonds is 4. The fourth-order valence-corrected chi connectivity index (χ4v) is 1.41. The van der Waals surface area contributed by atoms with E-state index in [1.807, 2.05) is 37.3 Å². The predicted octanol–water partition coefficient (Wildman–Crippen LogP) is 1.64. The molecule has 0 amide bonds. The minimum atomic E-state index is -0.249. The van der Waals surface area contributed by atoms with E-state index in [1.165, 1.54) is 0 Å². The van der Waals surface area contributed by atoms with Crippen molar-refractivity contribution >= 4 is 5.97 Å². The van der Waals surface area contributed by atoms with Gasteiger partial charge in [-0.05, 0) is 12.0 Å². The van der Waals surface area contributed by atoms with Gasteiger partial charge in [0, 0.05) is 0 Å². The Balaban J connectivity index is 2.77. The highest BCUT2D eigenvalue weighted by atomic mass is 16.5. The van der Waals surface area contributed by atoms with Gasteiger partial charge in [-0.1, -0.05) is 37.3 Å². The Morgan fingerprint density at radius 2 is 2.07 bits per heavy atom. The van der Waals surface area contributed by atoms with Gasteiger partial charge in [-0.25, -0.2) is 0 Å². The molecule has 0 aliphatic rings. The third kappa shape index (κ3) is 2.57. The molecule has 1 atom stereocenters. The molecule has 14 heavy (non-hydrogen) atoms. The first-order chi connectivity index (χ1) is 6.79. The molecular formula is C11H15NO2. The van der Waals surface area contributed by atoms with E-state index in [0.717, 1.165) is 12.0 Å². The van der Waals surface area contributed by atoms with Gasteiger partial charge in [0.2, 0.25) is 0 Å². The van der Waals surface area contributed by atoms with Crippen LogP contribution in [0.4, 0.5) is 0 Å². The Hall–Kier alpha value is -1.35. The number of hydrogen-bond donors (Lipinski definition) is 1. The topological polar surface area (TPSA) is 52.3 Å². The lowest BCUT2D eigenvalue weighted by Crippen LogP contribution is -2.19. The zero-order valence-electron chi connectivity index (χ0n) is 8.27. The molecule has 1 rings (SSSR count). The molecule has 0 fully saturated rings. The molecule has 0 spiro atoms. The molecular weight excluding hydrogens is 178 g/mol. The SMILES string of the molecule is CCC(C(=O)OCN)c1ccccc1. The summed E-state index contributed by atoms with van der Waals surface area (Å²) in [5, 5.41) is 0. The third-order valence-corrected chi connectivity index (χ3v) is 2.12. The van der Waals surface area contributed by atoms with E-state index in [-0.39, 0.29) is 18.6 Å². The van der Waals surface area contributed by atoms with Crippen LogP contribution in [0.15, 0.2) is 30.3 Å². The molecule has 1 aromatic rings. The van der Waals surface area contributed by atoms with Crippen LogP contribution < -0.4 is 5.73 Å². The molecule has 0 saturated heterocycles. The van der Waals surface area contributed by atoms with Crippen molar-refractivity contribution in [3.05, 3.63) is 35.9 Å². The van der Waals surface area contributed by atoms with Gasteiger partial charge in [0.05, 0.1) is 5.92 Å². The first kappa shape index (κ1) is 10.7. The second kappa shape index (κ2) is 5.40. The first-order valence-corrected chi connectivity index (χ1v) is 4.71. The monoisotopic (exact) mass is 193 g/mol. The fraction of sp³-hybridized carbons (Fsp3) is 0.364. The van der Waals surface area contributed by atoms with Crippen molar-refractivity contribution in [1.29, 1.82) is 0 Å². The zero-order valence-corrected chi connectivity index (χ0v) is 8.27. The second-order valence-corrected chi connectivity index (χ2v) is 3.00. The van der Waals surface area contributed by atoms with Crippen LogP contribution in [-0.2, 0) is 9.53 Å². The molecule has 0 saturated carbocycles. The molecule has 0 radical (unpaired) electrons. The number of carbonyl (C=O) groups is 1. The zero-order chi connectivity index (χ0) is 10.4. The van der Waals surface area contributed by atoms with E-state index < -0.39 is 0 Å². The van der Waals surface area contributed by atoms with Gasteiger partial charge in [0.15, 0.2) is 0 Å². The van der Waals surface area contributed by atoms with Crippen molar-refractivity contribution in [1.82, 2.24) is 0 Å². The predicted molar refractivity (Wildman–Crippen MR) is 54.6 cm³/mol. The van der Waals surface area contributed by atoms with Crippen molar-refractivity contribution in [2.24, 2.45) is 5.73 Å². The molecule has 0 aliphatic carbocycles. The van der Waals surface area contributed by atoms with Gasteiger partial charge in [0.25, 0.3) is 0 Å². The maximum atomic E-state index is 11.5. The molecule has 3 nitrogen and oxygen atoms in total. The highest BCUT2D eigenvalue weighted by molar-refractivity contribution is 5.78. The van der Waals surface area contributed by atoms with Crippen molar-refractivity contribution in [2.45, 2.75) is 19.3 Å². The van der Waals surface area contributed by atoms with Crippen molar-refractivity contribution in [2.75, 3.05) is 6.73 Å². The molecule has 1 aromatic carbocycles. The Labute approximate surface area is 83.9 Å². The van der Waals surface area contributed by atoms with Gasteiger partial charge < -0.3 is 4.74 Å². The fourth-order valence-electron chi connectivity index (χ4n) is 1.41. The maximum absolute atomic E-state index is 11.5. The summed E-state index contributed by atoms with van der Waals surface area (Å²) >= 11 is 0. The third-order valence-electron chi connectivity index (χ3n) is 2.12. The summed E-state index contributed by atoms with van der Waals surface area (Å²) in [5.74, 6) is -0.444. The summed E-state index contributed by atoms with van der Waals surface area (Å²) in [4.78, 5) is 11.5. The first-order valence-electron chi connectivity index (χ1n) is 4.71. The minimum Gasteiger partial charge on any atom is -0.450 e. The van der Waals surface area contributed by atoms with Gasteiger partial charge >= 0.3 is 5.97 Å². The lowest BCUT2D eigenvalue weighted by molar-refractivity contribution is -0.145. The van der Waals surface area contributed by atoms with Gasteiger partial charge in [-0.15, -0.1) is 0 Å². The summed E-state index contributed by atoms with van der Waals surface area (Å²) in [6, 6.07) is 9.59. The van der Waals surface area contributed by atoms with Gasteiger partial charge in [-0.3, -0.25) is 10.5 Å². The van der Waals surface area contributed by atoms with E-state index in [1.54, 1.807) is 0 Å². The smallest absolute Gasteiger partial charge is 0.314 e.